The van der Waals surface area contributed by atoms with E-state index in [4.69, 9.17) is 10.00 Å². The van der Waals surface area contributed by atoms with E-state index in [2.05, 4.69) is 5.32 Å². The Balaban J connectivity index is 2.73. The van der Waals surface area contributed by atoms with Gasteiger partial charge in [0.05, 0.1) is 6.61 Å². The molecule has 106 valence electrons. The van der Waals surface area contributed by atoms with Crippen LogP contribution in [-0.2, 0) is 4.79 Å². The van der Waals surface area contributed by atoms with Gasteiger partial charge in [-0.1, -0.05) is 25.5 Å². The fourth-order valence-corrected chi connectivity index (χ4v) is 1.62. The van der Waals surface area contributed by atoms with Crippen molar-refractivity contribution in [2.75, 3.05) is 13.2 Å². The Morgan fingerprint density at radius 3 is 2.60 bits per heavy atom. The fraction of sp³-hybridized carbons (Fsp3) is 0.375. The van der Waals surface area contributed by atoms with Crippen LogP contribution in [0.4, 0.5) is 0 Å². The SMILES string of the molecule is CCCCNC(=O)/C(C#N)=C/c1ccc(OCC)cc1. The Hall–Kier alpha value is -2.28. The molecule has 0 atom stereocenters. The Morgan fingerprint density at radius 1 is 1.35 bits per heavy atom. The topological polar surface area (TPSA) is 62.1 Å². The summed E-state index contributed by atoms with van der Waals surface area (Å²) < 4.78 is 5.34. The van der Waals surface area contributed by atoms with Gasteiger partial charge < -0.3 is 10.1 Å². The summed E-state index contributed by atoms with van der Waals surface area (Å²) >= 11 is 0. The molecular weight excluding hydrogens is 252 g/mol. The minimum atomic E-state index is -0.324. The van der Waals surface area contributed by atoms with Gasteiger partial charge in [-0.3, -0.25) is 4.79 Å². The number of hydrogen-bond donors (Lipinski definition) is 1. The highest BCUT2D eigenvalue weighted by atomic mass is 16.5. The van der Waals surface area contributed by atoms with Crippen LogP contribution in [0.15, 0.2) is 29.8 Å². The first kappa shape index (κ1) is 15.8. The molecule has 1 aromatic rings. The molecular formula is C16H20N2O2. The molecule has 0 unspecified atom stereocenters. The first-order valence-corrected chi connectivity index (χ1v) is 6.84. The summed E-state index contributed by atoms with van der Waals surface area (Å²) in [6.45, 7) is 5.17. The summed E-state index contributed by atoms with van der Waals surface area (Å²) in [5.74, 6) is 0.449. The summed E-state index contributed by atoms with van der Waals surface area (Å²) in [5.41, 5.74) is 0.918. The third kappa shape index (κ3) is 5.15. The summed E-state index contributed by atoms with van der Waals surface area (Å²) in [6, 6.07) is 9.21. The Labute approximate surface area is 120 Å². The number of hydrogen-bond acceptors (Lipinski definition) is 3. The van der Waals surface area contributed by atoms with Crippen molar-refractivity contribution in [1.29, 1.82) is 5.26 Å². The van der Waals surface area contributed by atoms with Crippen molar-refractivity contribution in [2.24, 2.45) is 0 Å². The molecule has 0 aromatic heterocycles. The van der Waals surface area contributed by atoms with Crippen LogP contribution in [0.5, 0.6) is 5.75 Å². The number of unbranched alkanes of at least 4 members (excludes halogenated alkanes) is 1. The molecule has 0 aliphatic heterocycles. The average Bonchev–Trinajstić information content (AvgIpc) is 2.47. The van der Waals surface area contributed by atoms with Gasteiger partial charge in [-0.2, -0.15) is 5.26 Å². The van der Waals surface area contributed by atoms with E-state index >= 15 is 0 Å². The van der Waals surface area contributed by atoms with Gasteiger partial charge in [-0.15, -0.1) is 0 Å². The summed E-state index contributed by atoms with van der Waals surface area (Å²) in [5, 5.41) is 11.8. The van der Waals surface area contributed by atoms with Gasteiger partial charge >= 0.3 is 0 Å². The van der Waals surface area contributed by atoms with E-state index < -0.39 is 0 Å². The quantitative estimate of drug-likeness (QED) is 0.471. The smallest absolute Gasteiger partial charge is 0.261 e. The van der Waals surface area contributed by atoms with Gasteiger partial charge in [-0.25, -0.2) is 0 Å². The third-order valence-corrected chi connectivity index (χ3v) is 2.68. The van der Waals surface area contributed by atoms with Gasteiger partial charge in [-0.05, 0) is 37.1 Å². The lowest BCUT2D eigenvalue weighted by Crippen LogP contribution is -2.25. The molecule has 0 saturated carbocycles. The van der Waals surface area contributed by atoms with Crippen molar-refractivity contribution in [2.45, 2.75) is 26.7 Å². The van der Waals surface area contributed by atoms with Crippen molar-refractivity contribution in [3.63, 3.8) is 0 Å². The van der Waals surface area contributed by atoms with Crippen LogP contribution in [0.3, 0.4) is 0 Å². The summed E-state index contributed by atoms with van der Waals surface area (Å²) in [4.78, 5) is 11.8. The zero-order chi connectivity index (χ0) is 14.8. The number of carbonyl (C=O) groups is 1. The van der Waals surface area contributed by atoms with E-state index in [-0.39, 0.29) is 11.5 Å². The molecule has 0 heterocycles. The highest BCUT2D eigenvalue weighted by Crippen LogP contribution is 2.14. The van der Waals surface area contributed by atoms with Crippen LogP contribution in [0.25, 0.3) is 6.08 Å². The molecule has 1 N–H and O–H groups in total. The molecule has 0 saturated heterocycles. The monoisotopic (exact) mass is 272 g/mol. The van der Waals surface area contributed by atoms with E-state index in [1.165, 1.54) is 0 Å². The van der Waals surface area contributed by atoms with E-state index in [0.29, 0.717) is 13.2 Å². The maximum atomic E-state index is 11.8. The first-order chi connectivity index (χ1) is 9.71. The predicted molar refractivity (Wildman–Crippen MR) is 79.1 cm³/mol. The molecule has 1 aromatic carbocycles. The van der Waals surface area contributed by atoms with Gasteiger partial charge in [0.25, 0.3) is 5.91 Å². The van der Waals surface area contributed by atoms with Crippen LogP contribution < -0.4 is 10.1 Å². The van der Waals surface area contributed by atoms with Gasteiger partial charge in [0.15, 0.2) is 0 Å². The normalized spacial score (nSPS) is 10.8. The van der Waals surface area contributed by atoms with Crippen molar-refractivity contribution in [3.8, 4) is 11.8 Å². The molecule has 0 radical (unpaired) electrons. The minimum Gasteiger partial charge on any atom is -0.494 e. The fourth-order valence-electron chi connectivity index (χ4n) is 1.62. The zero-order valence-corrected chi connectivity index (χ0v) is 12.0. The first-order valence-electron chi connectivity index (χ1n) is 6.84. The molecule has 20 heavy (non-hydrogen) atoms. The molecule has 1 amide bonds. The number of nitrogens with zero attached hydrogens (tertiary/aromatic N) is 1. The lowest BCUT2D eigenvalue weighted by molar-refractivity contribution is -0.117. The van der Waals surface area contributed by atoms with Gasteiger partial charge in [0.1, 0.15) is 17.4 Å². The molecule has 0 aliphatic rings. The standard InChI is InChI=1S/C16H20N2O2/c1-3-5-10-18-16(19)14(12-17)11-13-6-8-15(9-7-13)20-4-2/h6-9,11H,3-5,10H2,1-2H3,(H,18,19)/b14-11+. The highest BCUT2D eigenvalue weighted by Gasteiger charge is 2.07. The van der Waals surface area contributed by atoms with E-state index in [0.717, 1.165) is 24.2 Å². The molecule has 0 aliphatic carbocycles. The second-order valence-corrected chi connectivity index (χ2v) is 4.28. The zero-order valence-electron chi connectivity index (χ0n) is 12.0. The highest BCUT2D eigenvalue weighted by molar-refractivity contribution is 6.01. The van der Waals surface area contributed by atoms with Crippen molar-refractivity contribution < 1.29 is 9.53 Å². The van der Waals surface area contributed by atoms with Crippen LogP contribution >= 0.6 is 0 Å². The largest absolute Gasteiger partial charge is 0.494 e. The van der Waals surface area contributed by atoms with E-state index in [1.807, 2.05) is 44.2 Å². The number of rotatable bonds is 7. The number of carbonyl (C=O) groups excluding carboxylic acids is 1. The molecule has 4 heteroatoms. The number of ether oxygens (including phenoxy) is 1. The molecule has 0 spiro atoms. The number of amides is 1. The van der Waals surface area contributed by atoms with Crippen molar-refractivity contribution >= 4 is 12.0 Å². The average molecular weight is 272 g/mol. The Kier molecular flexibility index (Phi) is 6.91. The molecule has 4 nitrogen and oxygen atoms in total. The summed E-state index contributed by atoms with van der Waals surface area (Å²) in [6.07, 6.45) is 3.50. The Morgan fingerprint density at radius 2 is 2.05 bits per heavy atom. The predicted octanol–water partition coefficient (Wildman–Crippen LogP) is 2.91. The lowest BCUT2D eigenvalue weighted by Gasteiger charge is -2.04. The van der Waals surface area contributed by atoms with Crippen LogP contribution in [-0.4, -0.2) is 19.1 Å². The number of nitrogens with one attached hydrogen (secondary N) is 1. The maximum absolute atomic E-state index is 11.8. The van der Waals surface area contributed by atoms with Crippen molar-refractivity contribution in [1.82, 2.24) is 5.32 Å². The van der Waals surface area contributed by atoms with Crippen LogP contribution in [0, 0.1) is 11.3 Å². The molecule has 1 rings (SSSR count). The Bertz CT molecular complexity index is 498. The van der Waals surface area contributed by atoms with E-state index in [9.17, 15) is 4.79 Å². The van der Waals surface area contributed by atoms with Gasteiger partial charge in [0.2, 0.25) is 0 Å². The minimum absolute atomic E-state index is 0.116. The maximum Gasteiger partial charge on any atom is 0.261 e. The number of benzene rings is 1. The van der Waals surface area contributed by atoms with Gasteiger partial charge in [0, 0.05) is 6.54 Å². The lowest BCUT2D eigenvalue weighted by atomic mass is 10.1. The number of nitriles is 1. The third-order valence-electron chi connectivity index (χ3n) is 2.68. The molecule has 0 bridgehead atoms. The summed E-state index contributed by atoms with van der Waals surface area (Å²) in [7, 11) is 0. The van der Waals surface area contributed by atoms with E-state index in [1.54, 1.807) is 6.08 Å². The van der Waals surface area contributed by atoms with Crippen LogP contribution in [0.1, 0.15) is 32.3 Å². The molecule has 0 fully saturated rings. The van der Waals surface area contributed by atoms with Crippen LogP contribution in [0.2, 0.25) is 0 Å². The van der Waals surface area contributed by atoms with Crippen molar-refractivity contribution in [3.05, 3.63) is 35.4 Å². The second-order valence-electron chi connectivity index (χ2n) is 4.28. The second kappa shape index (κ2) is 8.76.